The molecule has 1 amide bonds. The number of halogens is 1. The molecular formula is C27H37ClN2O. The summed E-state index contributed by atoms with van der Waals surface area (Å²) in [4.78, 5) is 17.4. The maximum Gasteiger partial charge on any atom is 0.241 e. The zero-order chi connectivity index (χ0) is 21.1. The number of carbonyl (C=O) groups is 1. The van der Waals surface area contributed by atoms with Gasteiger partial charge in [-0.15, -0.1) is 12.4 Å². The number of rotatable bonds is 4. The molecule has 1 heterocycles. The molecule has 1 aliphatic carbocycles. The van der Waals surface area contributed by atoms with Gasteiger partial charge in [0, 0.05) is 25.3 Å². The highest BCUT2D eigenvalue weighted by Gasteiger charge is 2.33. The van der Waals surface area contributed by atoms with E-state index in [9.17, 15) is 4.79 Å². The summed E-state index contributed by atoms with van der Waals surface area (Å²) in [5.41, 5.74) is 4.21. The van der Waals surface area contributed by atoms with Crippen molar-refractivity contribution < 1.29 is 4.79 Å². The van der Waals surface area contributed by atoms with Crippen LogP contribution in [-0.2, 0) is 11.3 Å². The summed E-state index contributed by atoms with van der Waals surface area (Å²) < 4.78 is 0. The number of carbonyl (C=O) groups excluding carboxylic acids is 1. The molecule has 2 fully saturated rings. The van der Waals surface area contributed by atoms with E-state index < -0.39 is 0 Å². The van der Waals surface area contributed by atoms with Crippen molar-refractivity contribution in [3.63, 3.8) is 0 Å². The van der Waals surface area contributed by atoms with E-state index in [1.165, 1.54) is 36.8 Å². The Morgan fingerprint density at radius 2 is 1.52 bits per heavy atom. The largest absolute Gasteiger partial charge is 0.310 e. The zero-order valence-electron chi connectivity index (χ0n) is 19.2. The van der Waals surface area contributed by atoms with Gasteiger partial charge in [-0.25, -0.2) is 0 Å². The third-order valence-corrected chi connectivity index (χ3v) is 7.17. The van der Waals surface area contributed by atoms with Crippen LogP contribution in [0.5, 0.6) is 0 Å². The van der Waals surface area contributed by atoms with Gasteiger partial charge < -0.3 is 4.90 Å². The van der Waals surface area contributed by atoms with E-state index in [4.69, 9.17) is 0 Å². The van der Waals surface area contributed by atoms with Gasteiger partial charge in [0.05, 0.1) is 6.54 Å². The zero-order valence-corrected chi connectivity index (χ0v) is 20.0. The molecule has 3 nitrogen and oxygen atoms in total. The number of nitrogens with zero attached hydrogens (tertiary/aromatic N) is 2. The maximum atomic E-state index is 13.1. The molecule has 1 aliphatic heterocycles. The maximum absolute atomic E-state index is 13.1. The lowest BCUT2D eigenvalue weighted by molar-refractivity contribution is -0.121. The minimum absolute atomic E-state index is 0. The van der Waals surface area contributed by atoms with E-state index in [2.05, 4.69) is 74.2 Å². The van der Waals surface area contributed by atoms with Gasteiger partial charge in [0.15, 0.2) is 0 Å². The summed E-state index contributed by atoms with van der Waals surface area (Å²) in [5, 5.41) is 0. The molecule has 2 aliphatic rings. The molecular weight excluding hydrogens is 404 g/mol. The van der Waals surface area contributed by atoms with Crippen molar-refractivity contribution >= 4 is 24.0 Å². The summed E-state index contributed by atoms with van der Waals surface area (Å²) in [6.45, 7) is 10.2. The Morgan fingerprint density at radius 1 is 0.871 bits per heavy atom. The molecule has 0 N–H and O–H groups in total. The second-order valence-corrected chi connectivity index (χ2v) is 10.2. The molecule has 4 heteroatoms. The lowest BCUT2D eigenvalue weighted by Crippen LogP contribution is -2.50. The number of para-hydroxylation sites is 1. The lowest BCUT2D eigenvalue weighted by Gasteiger charge is -2.39. The molecule has 0 radical (unpaired) electrons. The van der Waals surface area contributed by atoms with Crippen LogP contribution in [0, 0.1) is 11.3 Å². The molecule has 0 unspecified atom stereocenters. The van der Waals surface area contributed by atoms with E-state index >= 15 is 0 Å². The predicted molar refractivity (Wildman–Crippen MR) is 132 cm³/mol. The molecule has 1 saturated heterocycles. The monoisotopic (exact) mass is 440 g/mol. The van der Waals surface area contributed by atoms with Gasteiger partial charge in [0.1, 0.15) is 0 Å². The van der Waals surface area contributed by atoms with Crippen LogP contribution in [0.15, 0.2) is 54.6 Å². The Labute approximate surface area is 194 Å². The van der Waals surface area contributed by atoms with Crippen LogP contribution in [-0.4, -0.2) is 30.4 Å². The van der Waals surface area contributed by atoms with Crippen LogP contribution >= 0.6 is 12.4 Å². The highest BCUT2D eigenvalue weighted by Crippen LogP contribution is 2.45. The normalized spacial score (nSPS) is 22.8. The quantitative estimate of drug-likeness (QED) is 0.558. The Morgan fingerprint density at radius 3 is 2.16 bits per heavy atom. The molecule has 2 aromatic rings. The van der Waals surface area contributed by atoms with Gasteiger partial charge in [-0.2, -0.15) is 0 Å². The molecule has 31 heavy (non-hydrogen) atoms. The minimum atomic E-state index is 0. The first kappa shape index (κ1) is 23.8. The molecule has 0 bridgehead atoms. The number of amides is 1. The Bertz CT molecular complexity index is 853. The average molecular weight is 441 g/mol. The standard InChI is InChI=1S/C27H36N2O.ClH/c1-27(2,3)23-15-13-22(14-16-23)24-11-7-8-12-25(24)29-18-17-28(20-26(29)30)19-21-9-5-4-6-10-21;/h4-12,22-23H,13-20H2,1-3H3;1H. The fourth-order valence-electron chi connectivity index (χ4n) is 5.30. The fraction of sp³-hybridized carbons (Fsp3) is 0.519. The second kappa shape index (κ2) is 10.2. The van der Waals surface area contributed by atoms with Gasteiger partial charge in [0.2, 0.25) is 5.91 Å². The first-order valence-electron chi connectivity index (χ1n) is 11.6. The number of piperazine rings is 1. The molecule has 4 rings (SSSR count). The summed E-state index contributed by atoms with van der Waals surface area (Å²) >= 11 is 0. The SMILES string of the molecule is CC(C)(C)C1CCC(c2ccccc2N2CCN(Cc3ccccc3)CC2=O)CC1.Cl. The van der Waals surface area contributed by atoms with Crippen molar-refractivity contribution in [1.82, 2.24) is 4.90 Å². The molecule has 0 aromatic heterocycles. The summed E-state index contributed by atoms with van der Waals surface area (Å²) in [6.07, 6.45) is 5.06. The van der Waals surface area contributed by atoms with Crippen molar-refractivity contribution in [2.45, 2.75) is 58.9 Å². The van der Waals surface area contributed by atoms with Crippen molar-refractivity contribution in [2.24, 2.45) is 11.3 Å². The van der Waals surface area contributed by atoms with Gasteiger partial charge in [-0.1, -0.05) is 69.3 Å². The predicted octanol–water partition coefficient (Wildman–Crippen LogP) is 6.28. The van der Waals surface area contributed by atoms with Crippen molar-refractivity contribution in [2.75, 3.05) is 24.5 Å². The van der Waals surface area contributed by atoms with E-state index in [1.807, 2.05) is 11.0 Å². The Balaban J connectivity index is 0.00000272. The van der Waals surface area contributed by atoms with Crippen LogP contribution < -0.4 is 4.90 Å². The summed E-state index contributed by atoms with van der Waals surface area (Å²) in [7, 11) is 0. The number of anilines is 1. The first-order valence-corrected chi connectivity index (χ1v) is 11.6. The van der Waals surface area contributed by atoms with E-state index in [0.717, 1.165) is 31.2 Å². The lowest BCUT2D eigenvalue weighted by atomic mass is 9.68. The first-order chi connectivity index (χ1) is 14.4. The summed E-state index contributed by atoms with van der Waals surface area (Å²) in [5.74, 6) is 1.62. The highest BCUT2D eigenvalue weighted by atomic mass is 35.5. The summed E-state index contributed by atoms with van der Waals surface area (Å²) in [6, 6.07) is 19.1. The molecule has 2 aromatic carbocycles. The van der Waals surface area contributed by atoms with E-state index in [-0.39, 0.29) is 18.3 Å². The van der Waals surface area contributed by atoms with E-state index in [1.54, 1.807) is 0 Å². The van der Waals surface area contributed by atoms with E-state index in [0.29, 0.717) is 17.9 Å². The van der Waals surface area contributed by atoms with Crippen LogP contribution in [0.3, 0.4) is 0 Å². The van der Waals surface area contributed by atoms with Crippen molar-refractivity contribution in [1.29, 1.82) is 0 Å². The Kier molecular flexibility index (Phi) is 7.82. The van der Waals surface area contributed by atoms with Crippen molar-refractivity contribution in [3.8, 4) is 0 Å². The van der Waals surface area contributed by atoms with Crippen LogP contribution in [0.1, 0.15) is 63.5 Å². The smallest absolute Gasteiger partial charge is 0.241 e. The Hall–Kier alpha value is -1.84. The number of benzene rings is 2. The van der Waals surface area contributed by atoms with Crippen LogP contribution in [0.4, 0.5) is 5.69 Å². The number of hydrogen-bond donors (Lipinski definition) is 0. The van der Waals surface area contributed by atoms with Crippen LogP contribution in [0.25, 0.3) is 0 Å². The molecule has 0 spiro atoms. The van der Waals surface area contributed by atoms with Crippen LogP contribution in [0.2, 0.25) is 0 Å². The number of hydrogen-bond acceptors (Lipinski definition) is 2. The third kappa shape index (κ3) is 5.70. The van der Waals surface area contributed by atoms with Gasteiger partial charge in [-0.3, -0.25) is 9.69 Å². The second-order valence-electron chi connectivity index (χ2n) is 10.2. The van der Waals surface area contributed by atoms with Gasteiger partial charge >= 0.3 is 0 Å². The van der Waals surface area contributed by atoms with Gasteiger partial charge in [0.25, 0.3) is 0 Å². The van der Waals surface area contributed by atoms with Crippen molar-refractivity contribution in [3.05, 3.63) is 65.7 Å². The topological polar surface area (TPSA) is 23.6 Å². The molecule has 0 atom stereocenters. The molecule has 168 valence electrons. The fourth-order valence-corrected chi connectivity index (χ4v) is 5.30. The average Bonchev–Trinajstić information content (AvgIpc) is 2.74. The van der Waals surface area contributed by atoms with Gasteiger partial charge in [-0.05, 0) is 60.1 Å². The highest BCUT2D eigenvalue weighted by molar-refractivity contribution is 5.96. The minimum Gasteiger partial charge on any atom is -0.310 e. The third-order valence-electron chi connectivity index (χ3n) is 7.17. The molecule has 1 saturated carbocycles.